The van der Waals surface area contributed by atoms with Crippen molar-refractivity contribution < 1.29 is 24.0 Å². The van der Waals surface area contributed by atoms with Crippen LogP contribution in [0.2, 0.25) is 0 Å². The Morgan fingerprint density at radius 3 is 1.23 bits per heavy atom. The number of benzene rings is 3. The van der Waals surface area contributed by atoms with Gasteiger partial charge < -0.3 is 0 Å². The minimum Gasteiger partial charge on any atom is -0.294 e. The number of amides is 4. The highest BCUT2D eigenvalue weighted by atomic mass is 16.2. The second kappa shape index (κ2) is 7.84. The molecular formula is C28H20N2O5. The average molecular weight is 464 g/mol. The van der Waals surface area contributed by atoms with Crippen molar-refractivity contribution in [1.29, 1.82) is 0 Å². The molecule has 2 aliphatic heterocycles. The first-order chi connectivity index (χ1) is 17.0. The van der Waals surface area contributed by atoms with Crippen molar-refractivity contribution in [2.24, 2.45) is 29.6 Å². The molecule has 7 nitrogen and oxygen atoms in total. The molecule has 6 rings (SSSR count). The predicted octanol–water partition coefficient (Wildman–Crippen LogP) is 3.11. The summed E-state index contributed by atoms with van der Waals surface area (Å²) < 4.78 is 0. The van der Waals surface area contributed by atoms with E-state index in [4.69, 9.17) is 0 Å². The van der Waals surface area contributed by atoms with Gasteiger partial charge in [0, 0.05) is 11.5 Å². The van der Waals surface area contributed by atoms with Gasteiger partial charge in [0.1, 0.15) is 0 Å². The third-order valence-corrected chi connectivity index (χ3v) is 7.35. The van der Waals surface area contributed by atoms with E-state index in [-0.39, 0.29) is 0 Å². The summed E-state index contributed by atoms with van der Waals surface area (Å²) in [5, 5.41) is 0. The number of carbonyl (C=O) groups excluding carboxylic acids is 5. The molecule has 1 unspecified atom stereocenters. The highest BCUT2D eigenvalue weighted by Gasteiger charge is 2.72. The van der Waals surface area contributed by atoms with E-state index in [1.165, 1.54) is 0 Å². The van der Waals surface area contributed by atoms with Crippen LogP contribution in [0, 0.1) is 29.6 Å². The van der Waals surface area contributed by atoms with Crippen molar-refractivity contribution in [1.82, 2.24) is 0 Å². The fourth-order valence-corrected chi connectivity index (χ4v) is 5.94. The molecule has 3 aromatic rings. The molecule has 1 saturated carbocycles. The van der Waals surface area contributed by atoms with Gasteiger partial charge in [-0.1, -0.05) is 66.7 Å². The summed E-state index contributed by atoms with van der Waals surface area (Å²) >= 11 is 0. The summed E-state index contributed by atoms with van der Waals surface area (Å²) in [5.41, 5.74) is 1.11. The van der Waals surface area contributed by atoms with E-state index in [0.29, 0.717) is 16.9 Å². The van der Waals surface area contributed by atoms with Gasteiger partial charge >= 0.3 is 0 Å². The van der Waals surface area contributed by atoms with Crippen LogP contribution in [0.5, 0.6) is 0 Å². The number of carbonyl (C=O) groups is 5. The third-order valence-electron chi connectivity index (χ3n) is 7.35. The lowest BCUT2D eigenvalue weighted by molar-refractivity contribution is -0.129. The van der Waals surface area contributed by atoms with E-state index >= 15 is 0 Å². The van der Waals surface area contributed by atoms with Crippen molar-refractivity contribution >= 4 is 40.8 Å². The van der Waals surface area contributed by atoms with E-state index in [1.54, 1.807) is 91.0 Å². The second-order valence-electron chi connectivity index (χ2n) is 9.05. The summed E-state index contributed by atoms with van der Waals surface area (Å²) in [4.78, 5) is 70.5. The van der Waals surface area contributed by atoms with Gasteiger partial charge in [-0.05, 0) is 24.3 Å². The van der Waals surface area contributed by atoms with Crippen molar-refractivity contribution in [2.75, 3.05) is 9.80 Å². The lowest BCUT2D eigenvalue weighted by atomic mass is 9.81. The number of ketones is 1. The fraction of sp³-hybridized carbons (Fsp3) is 0.179. The Hall–Kier alpha value is -4.39. The molecule has 2 heterocycles. The molecule has 172 valence electrons. The molecule has 0 aromatic heterocycles. The van der Waals surface area contributed by atoms with Crippen LogP contribution < -0.4 is 9.80 Å². The van der Waals surface area contributed by atoms with Crippen LogP contribution in [0.15, 0.2) is 91.0 Å². The van der Waals surface area contributed by atoms with Gasteiger partial charge in [0.15, 0.2) is 5.78 Å². The van der Waals surface area contributed by atoms with Gasteiger partial charge in [0.2, 0.25) is 23.6 Å². The van der Waals surface area contributed by atoms with E-state index in [9.17, 15) is 24.0 Å². The lowest BCUT2D eigenvalue weighted by Crippen LogP contribution is -2.40. The number of hydrogen-bond acceptors (Lipinski definition) is 5. The van der Waals surface area contributed by atoms with Gasteiger partial charge in [0.05, 0.1) is 35.0 Å². The Labute approximate surface area is 201 Å². The Kier molecular flexibility index (Phi) is 4.74. The molecule has 7 heteroatoms. The summed E-state index contributed by atoms with van der Waals surface area (Å²) in [7, 11) is 0. The molecule has 2 saturated heterocycles. The van der Waals surface area contributed by atoms with Crippen molar-refractivity contribution in [3.63, 3.8) is 0 Å². The first-order valence-electron chi connectivity index (χ1n) is 11.5. The van der Waals surface area contributed by atoms with Crippen molar-refractivity contribution in [3.05, 3.63) is 96.6 Å². The standard InChI is InChI=1S/C28H20N2O5/c31-24(16-10-4-1-5-11-16)19-20-22(27(34)29(25(20)32)17-12-6-2-7-13-17)23-21(19)26(33)30(28(23)35)18-14-8-3-9-15-18/h1-15,19-23H/t19?,20-,21+,22+,23-. The van der Waals surface area contributed by atoms with Crippen LogP contribution in [0.25, 0.3) is 0 Å². The maximum Gasteiger partial charge on any atom is 0.238 e. The Bertz CT molecular complexity index is 1290. The average Bonchev–Trinajstić information content (AvgIpc) is 3.46. The number of anilines is 2. The Morgan fingerprint density at radius 1 is 0.486 bits per heavy atom. The van der Waals surface area contributed by atoms with Gasteiger partial charge in [-0.15, -0.1) is 0 Å². The third kappa shape index (κ3) is 2.94. The zero-order valence-corrected chi connectivity index (χ0v) is 18.5. The van der Waals surface area contributed by atoms with Crippen LogP contribution in [-0.4, -0.2) is 29.4 Å². The first-order valence-corrected chi connectivity index (χ1v) is 11.5. The number of fused-ring (bicyclic) bond motifs is 3. The lowest BCUT2D eigenvalue weighted by Gasteiger charge is -2.23. The van der Waals surface area contributed by atoms with Crippen LogP contribution in [-0.2, 0) is 19.2 Å². The highest BCUT2D eigenvalue weighted by molar-refractivity contribution is 6.30. The van der Waals surface area contributed by atoms with E-state index < -0.39 is 59.0 Å². The summed E-state index contributed by atoms with van der Waals surface area (Å²) in [6.07, 6.45) is 0. The van der Waals surface area contributed by atoms with Gasteiger partial charge in [-0.3, -0.25) is 33.8 Å². The largest absolute Gasteiger partial charge is 0.294 e. The number of Topliss-reactive ketones (excluding diaryl/α,β-unsaturated/α-hetero) is 1. The molecule has 0 bridgehead atoms. The second-order valence-corrected chi connectivity index (χ2v) is 9.05. The van der Waals surface area contributed by atoms with Crippen LogP contribution in [0.4, 0.5) is 11.4 Å². The van der Waals surface area contributed by atoms with Gasteiger partial charge in [-0.25, -0.2) is 0 Å². The quantitative estimate of drug-likeness (QED) is 0.437. The van der Waals surface area contributed by atoms with Crippen LogP contribution >= 0.6 is 0 Å². The molecule has 35 heavy (non-hydrogen) atoms. The first kappa shape index (κ1) is 21.2. The monoisotopic (exact) mass is 464 g/mol. The molecule has 3 aliphatic rings. The molecule has 0 radical (unpaired) electrons. The summed E-state index contributed by atoms with van der Waals surface area (Å²) in [6, 6.07) is 25.3. The smallest absolute Gasteiger partial charge is 0.238 e. The number of nitrogens with zero attached hydrogens (tertiary/aromatic N) is 2. The number of para-hydroxylation sites is 2. The fourth-order valence-electron chi connectivity index (χ4n) is 5.94. The molecule has 5 atom stereocenters. The topological polar surface area (TPSA) is 91.8 Å². The maximum atomic E-state index is 13.8. The zero-order chi connectivity index (χ0) is 24.3. The zero-order valence-electron chi connectivity index (χ0n) is 18.5. The number of imide groups is 2. The number of hydrogen-bond donors (Lipinski definition) is 0. The highest BCUT2D eigenvalue weighted by Crippen LogP contribution is 2.56. The van der Waals surface area contributed by atoms with E-state index in [2.05, 4.69) is 0 Å². The predicted molar refractivity (Wildman–Crippen MR) is 126 cm³/mol. The molecule has 3 fully saturated rings. The van der Waals surface area contributed by atoms with Crippen LogP contribution in [0.1, 0.15) is 10.4 Å². The maximum absolute atomic E-state index is 13.8. The molecular weight excluding hydrogens is 444 g/mol. The van der Waals surface area contributed by atoms with Gasteiger partial charge in [0.25, 0.3) is 0 Å². The SMILES string of the molecule is O=C(c1ccccc1)C1[C@H]2C(=O)N(c3ccccc3)C(=O)[C@@H]2[C@@H]2C(=O)N(c3ccccc3)C(=O)[C@@H]12. The molecule has 0 spiro atoms. The van der Waals surface area contributed by atoms with Crippen molar-refractivity contribution in [3.8, 4) is 0 Å². The normalized spacial score (nSPS) is 27.4. The van der Waals surface area contributed by atoms with E-state index in [1.807, 2.05) is 0 Å². The molecule has 4 amide bonds. The van der Waals surface area contributed by atoms with E-state index in [0.717, 1.165) is 9.80 Å². The van der Waals surface area contributed by atoms with Crippen molar-refractivity contribution in [2.45, 2.75) is 0 Å². The molecule has 0 N–H and O–H groups in total. The number of rotatable bonds is 4. The summed E-state index contributed by atoms with van der Waals surface area (Å²) in [6.45, 7) is 0. The Morgan fingerprint density at radius 2 is 0.829 bits per heavy atom. The van der Waals surface area contributed by atoms with Gasteiger partial charge in [-0.2, -0.15) is 0 Å². The summed E-state index contributed by atoms with van der Waals surface area (Å²) in [5.74, 6) is -7.97. The molecule has 3 aromatic carbocycles. The molecule has 1 aliphatic carbocycles. The minimum atomic E-state index is -1.11. The van der Waals surface area contributed by atoms with Crippen LogP contribution in [0.3, 0.4) is 0 Å². The minimum absolute atomic E-state index is 0.341. The Balaban J connectivity index is 1.49.